The minimum atomic E-state index is -1.72. The molecule has 0 heterocycles. The van der Waals surface area contributed by atoms with Crippen molar-refractivity contribution in [1.82, 2.24) is 0 Å². The lowest BCUT2D eigenvalue weighted by Crippen LogP contribution is -2.63. The van der Waals surface area contributed by atoms with Crippen molar-refractivity contribution in [2.45, 2.75) is 71.0 Å². The van der Waals surface area contributed by atoms with E-state index >= 15 is 0 Å². The number of rotatable bonds is 6. The summed E-state index contributed by atoms with van der Waals surface area (Å²) in [6.45, 7) is 5.22. The van der Waals surface area contributed by atoms with Crippen molar-refractivity contribution in [3.8, 4) is 0 Å². The zero-order valence-corrected chi connectivity index (χ0v) is 20.0. The topological polar surface area (TPSA) is 138 Å². The number of carbonyl (C=O) groups excluding carboxylic acids is 3. The van der Waals surface area contributed by atoms with Gasteiger partial charge in [-0.2, -0.15) is 0 Å². The molecule has 0 aliphatic heterocycles. The first-order valence-corrected chi connectivity index (χ1v) is 12.1. The molecule has 186 valence electrons. The molecule has 3 N–H and O–H groups in total. The average Bonchev–Trinajstić information content (AvgIpc) is 3.04. The minimum Gasteiger partial charge on any atom is -0.481 e. The molecule has 4 rings (SSSR count). The van der Waals surface area contributed by atoms with Crippen molar-refractivity contribution in [2.24, 2.45) is 34.5 Å². The van der Waals surface area contributed by atoms with Crippen molar-refractivity contribution in [3.05, 3.63) is 23.8 Å². The Labute approximate surface area is 199 Å². The summed E-state index contributed by atoms with van der Waals surface area (Å²) in [6, 6.07) is 0. The SMILES string of the molecule is C[C@H]1C[C@@H]2[C@H]([C@@H](OC(=O)CCC(=O)O)C[C@@]3(C)[C@H]2CC[C@]3(O)C(=O)CO)[C@@]2(C)C=CC(=O)C=C12. The maximum absolute atomic E-state index is 12.7. The largest absolute Gasteiger partial charge is 0.481 e. The van der Waals surface area contributed by atoms with Crippen molar-refractivity contribution in [2.75, 3.05) is 6.61 Å². The van der Waals surface area contributed by atoms with Gasteiger partial charge in [-0.25, -0.2) is 0 Å². The number of hydrogen-bond donors (Lipinski definition) is 3. The lowest BCUT2D eigenvalue weighted by Gasteiger charge is -2.61. The van der Waals surface area contributed by atoms with E-state index in [0.29, 0.717) is 6.42 Å². The average molecular weight is 475 g/mol. The molecule has 4 aliphatic carbocycles. The van der Waals surface area contributed by atoms with Gasteiger partial charge < -0.3 is 20.1 Å². The molecule has 0 aromatic rings. The van der Waals surface area contributed by atoms with Gasteiger partial charge in [0.15, 0.2) is 11.6 Å². The Morgan fingerprint density at radius 1 is 1.21 bits per heavy atom. The van der Waals surface area contributed by atoms with Crippen LogP contribution < -0.4 is 0 Å². The number of ether oxygens (including phenoxy) is 1. The number of carbonyl (C=O) groups is 4. The molecule has 0 aromatic heterocycles. The predicted octanol–water partition coefficient (Wildman–Crippen LogP) is 2.22. The van der Waals surface area contributed by atoms with Gasteiger partial charge in [0, 0.05) is 16.7 Å². The van der Waals surface area contributed by atoms with E-state index in [9.17, 15) is 29.4 Å². The van der Waals surface area contributed by atoms with Crippen LogP contribution in [0.4, 0.5) is 0 Å². The number of Topliss-reactive ketones (excluding diaryl/α,β-unsaturated/α-hetero) is 1. The number of carboxylic acid groups (broad SMARTS) is 1. The van der Waals surface area contributed by atoms with Crippen LogP contribution >= 0.6 is 0 Å². The molecule has 0 unspecified atom stereocenters. The number of fused-ring (bicyclic) bond motifs is 5. The van der Waals surface area contributed by atoms with Gasteiger partial charge >= 0.3 is 11.9 Å². The Morgan fingerprint density at radius 3 is 2.56 bits per heavy atom. The van der Waals surface area contributed by atoms with Crippen LogP contribution in [0.5, 0.6) is 0 Å². The predicted molar refractivity (Wildman–Crippen MR) is 120 cm³/mol. The fourth-order valence-corrected chi connectivity index (χ4v) is 7.86. The van der Waals surface area contributed by atoms with Gasteiger partial charge in [-0.3, -0.25) is 19.2 Å². The molecule has 8 atom stereocenters. The highest BCUT2D eigenvalue weighted by Gasteiger charge is 2.69. The van der Waals surface area contributed by atoms with Gasteiger partial charge in [-0.1, -0.05) is 32.4 Å². The molecule has 3 saturated carbocycles. The molecular formula is C26H34O8. The smallest absolute Gasteiger partial charge is 0.306 e. The molecule has 0 saturated heterocycles. The van der Waals surface area contributed by atoms with E-state index in [0.717, 1.165) is 12.0 Å². The van der Waals surface area contributed by atoms with Gasteiger partial charge in [0.2, 0.25) is 0 Å². The molecule has 3 fully saturated rings. The lowest BCUT2D eigenvalue weighted by atomic mass is 9.44. The summed E-state index contributed by atoms with van der Waals surface area (Å²) in [4.78, 5) is 48.6. The summed E-state index contributed by atoms with van der Waals surface area (Å²) in [5.41, 5.74) is -2.17. The van der Waals surface area contributed by atoms with Crippen molar-refractivity contribution < 1.29 is 39.2 Å². The zero-order valence-electron chi connectivity index (χ0n) is 20.0. The molecule has 4 aliphatic rings. The monoisotopic (exact) mass is 474 g/mol. The van der Waals surface area contributed by atoms with E-state index < -0.39 is 46.9 Å². The van der Waals surface area contributed by atoms with Crippen molar-refractivity contribution in [1.29, 1.82) is 0 Å². The fourth-order valence-electron chi connectivity index (χ4n) is 7.86. The maximum Gasteiger partial charge on any atom is 0.306 e. The van der Waals surface area contributed by atoms with E-state index in [1.165, 1.54) is 0 Å². The van der Waals surface area contributed by atoms with Gasteiger partial charge in [0.05, 0.1) is 12.8 Å². The highest BCUT2D eigenvalue weighted by atomic mass is 16.5. The Hall–Kier alpha value is -2.32. The Balaban J connectivity index is 1.77. The third-order valence-electron chi connectivity index (χ3n) is 9.38. The van der Waals surface area contributed by atoms with Crippen LogP contribution in [0.25, 0.3) is 0 Å². The molecule has 8 heteroatoms. The Morgan fingerprint density at radius 2 is 1.91 bits per heavy atom. The number of aliphatic hydroxyl groups excluding tert-OH is 1. The first kappa shape index (κ1) is 24.8. The van der Waals surface area contributed by atoms with Gasteiger partial charge in [0.1, 0.15) is 18.3 Å². The molecule has 0 bridgehead atoms. The molecule has 0 spiro atoms. The van der Waals surface area contributed by atoms with Crippen LogP contribution in [-0.4, -0.2) is 57.1 Å². The first-order valence-electron chi connectivity index (χ1n) is 12.1. The number of carboxylic acids is 1. The van der Waals surface area contributed by atoms with Crippen LogP contribution in [-0.2, 0) is 23.9 Å². The van der Waals surface area contributed by atoms with Crippen molar-refractivity contribution >= 4 is 23.5 Å². The van der Waals surface area contributed by atoms with E-state index in [4.69, 9.17) is 9.84 Å². The van der Waals surface area contributed by atoms with Crippen LogP contribution in [0.3, 0.4) is 0 Å². The number of ketones is 2. The number of aliphatic carboxylic acids is 1. The second-order valence-electron chi connectivity index (χ2n) is 11.1. The van der Waals surface area contributed by atoms with Crippen LogP contribution in [0, 0.1) is 34.5 Å². The Bertz CT molecular complexity index is 981. The van der Waals surface area contributed by atoms with Crippen LogP contribution in [0.2, 0.25) is 0 Å². The highest BCUT2D eigenvalue weighted by molar-refractivity contribution is 6.01. The minimum absolute atomic E-state index is 0.00606. The molecule has 0 aromatic carbocycles. The lowest BCUT2D eigenvalue weighted by molar-refractivity contribution is -0.194. The van der Waals surface area contributed by atoms with E-state index in [1.54, 1.807) is 12.2 Å². The zero-order chi connectivity index (χ0) is 25.1. The summed E-state index contributed by atoms with van der Waals surface area (Å²) < 4.78 is 5.93. The molecule has 34 heavy (non-hydrogen) atoms. The number of aliphatic hydroxyl groups is 2. The standard InChI is InChI=1S/C26H34O8/c1-14-10-16-17-7-9-26(33,20(29)13-27)25(17,3)12-19(34-22(32)5-4-21(30)31)23(16)24(2)8-6-15(28)11-18(14)24/h6,8,11,14,16-17,19,23,27,33H,4-5,7,9-10,12-13H2,1-3H3,(H,30,31)/t14-,16-,17-,19-,23+,24-,25-,26-/m0/s1. The van der Waals surface area contributed by atoms with Crippen molar-refractivity contribution in [3.63, 3.8) is 0 Å². The summed E-state index contributed by atoms with van der Waals surface area (Å²) in [6.07, 6.45) is 5.63. The second kappa shape index (κ2) is 8.41. The fraction of sp³-hybridized carbons (Fsp3) is 0.692. The third-order valence-corrected chi connectivity index (χ3v) is 9.38. The Kier molecular flexibility index (Phi) is 6.13. The van der Waals surface area contributed by atoms with Crippen LogP contribution in [0.1, 0.15) is 59.3 Å². The number of hydrogen-bond acceptors (Lipinski definition) is 7. The summed E-state index contributed by atoms with van der Waals surface area (Å²) >= 11 is 0. The van der Waals surface area contributed by atoms with Gasteiger partial charge in [-0.05, 0) is 55.6 Å². The third kappa shape index (κ3) is 3.57. The highest BCUT2D eigenvalue weighted by Crippen LogP contribution is 2.68. The molecular weight excluding hydrogens is 440 g/mol. The number of esters is 1. The van der Waals surface area contributed by atoms with Crippen LogP contribution in [0.15, 0.2) is 23.8 Å². The quantitative estimate of drug-likeness (QED) is 0.498. The first-order chi connectivity index (χ1) is 15.9. The van der Waals surface area contributed by atoms with Gasteiger partial charge in [0.25, 0.3) is 0 Å². The van der Waals surface area contributed by atoms with Gasteiger partial charge in [-0.15, -0.1) is 0 Å². The molecule has 0 radical (unpaired) electrons. The summed E-state index contributed by atoms with van der Waals surface area (Å²) in [7, 11) is 0. The normalized spacial score (nSPS) is 42.8. The second-order valence-corrected chi connectivity index (χ2v) is 11.1. The van der Waals surface area contributed by atoms with E-state index in [-0.39, 0.29) is 55.1 Å². The molecule has 8 nitrogen and oxygen atoms in total. The summed E-state index contributed by atoms with van der Waals surface area (Å²) in [5.74, 6) is -2.53. The summed E-state index contributed by atoms with van der Waals surface area (Å²) in [5, 5.41) is 30.1. The maximum atomic E-state index is 12.7. The van der Waals surface area contributed by atoms with E-state index in [1.807, 2.05) is 13.0 Å². The number of allylic oxidation sites excluding steroid dienone is 4. The van der Waals surface area contributed by atoms with E-state index in [2.05, 4.69) is 13.8 Å². The molecule has 0 amide bonds.